The molecule has 1 heterocycles. The molecule has 1 aliphatic heterocycles. The fraction of sp³-hybridized carbons (Fsp3) is 0.154. The van der Waals surface area contributed by atoms with Gasteiger partial charge < -0.3 is 21.3 Å². The number of nitrogens with two attached hydrogens (primary N) is 1. The number of thiocarbonyl (C=S) groups is 1. The quantitative estimate of drug-likeness (QED) is 0.477. The molecule has 3 aromatic carbocycles. The molecule has 0 bridgehead atoms. The van der Waals surface area contributed by atoms with Crippen LogP contribution < -0.4 is 21.3 Å². The topological polar surface area (TPSA) is 105 Å². The van der Waals surface area contributed by atoms with Crippen LogP contribution in [0.3, 0.4) is 0 Å². The van der Waals surface area contributed by atoms with Crippen molar-refractivity contribution in [1.82, 2.24) is 5.32 Å². The molecule has 4 N–H and O–H groups in total. The summed E-state index contributed by atoms with van der Waals surface area (Å²) < 4.78 is 0. The molecule has 0 saturated heterocycles. The van der Waals surface area contributed by atoms with Crippen LogP contribution in [0.15, 0.2) is 78.9 Å². The van der Waals surface area contributed by atoms with Gasteiger partial charge in [0.1, 0.15) is 12.6 Å². The lowest BCUT2D eigenvalue weighted by molar-refractivity contribution is -0.123. The van der Waals surface area contributed by atoms with E-state index in [1.807, 2.05) is 54.6 Å². The van der Waals surface area contributed by atoms with E-state index >= 15 is 0 Å². The van der Waals surface area contributed by atoms with Crippen LogP contribution in [0.25, 0.3) is 0 Å². The van der Waals surface area contributed by atoms with Gasteiger partial charge in [0.15, 0.2) is 0 Å². The van der Waals surface area contributed by atoms with Gasteiger partial charge in [-0.05, 0) is 41.3 Å². The Bertz CT molecular complexity index is 1230. The minimum atomic E-state index is -0.884. The zero-order chi connectivity index (χ0) is 24.1. The van der Waals surface area contributed by atoms with Crippen molar-refractivity contribution in [2.75, 3.05) is 16.8 Å². The van der Waals surface area contributed by atoms with Gasteiger partial charge in [0.05, 0.1) is 0 Å². The Hall–Kier alpha value is -4.04. The number of benzene rings is 3. The smallest absolute Gasteiger partial charge is 0.319 e. The molecule has 4 rings (SSSR count). The maximum Gasteiger partial charge on any atom is 0.319 e. The summed E-state index contributed by atoms with van der Waals surface area (Å²) in [7, 11) is 0. The summed E-state index contributed by atoms with van der Waals surface area (Å²) in [4.78, 5) is 39.6. The number of hydrogen-bond donors (Lipinski definition) is 3. The monoisotopic (exact) mass is 472 g/mol. The van der Waals surface area contributed by atoms with Crippen LogP contribution in [0.2, 0.25) is 0 Å². The number of urea groups is 1. The third kappa shape index (κ3) is 5.13. The lowest BCUT2D eigenvalue weighted by Gasteiger charge is -2.25. The molecule has 0 fully saturated rings. The SMILES string of the molecule is NC(=O)CN1C(=O)C(NC(=O)Nc2cccc(C=S)c2)CC(c2ccccc2)c2ccccc21. The number of amides is 4. The molecular formula is C26H24N4O3S. The molecule has 34 heavy (non-hydrogen) atoms. The maximum absolute atomic E-state index is 13.6. The van der Waals surface area contributed by atoms with Gasteiger partial charge in [-0.25, -0.2) is 4.79 Å². The van der Waals surface area contributed by atoms with Crippen molar-refractivity contribution < 1.29 is 14.4 Å². The number of fused-ring (bicyclic) bond motifs is 1. The molecule has 0 radical (unpaired) electrons. The molecular weight excluding hydrogens is 448 g/mol. The highest BCUT2D eigenvalue weighted by molar-refractivity contribution is 7.79. The van der Waals surface area contributed by atoms with Crippen LogP contribution in [-0.4, -0.2) is 35.8 Å². The minimum absolute atomic E-state index is 0.178. The number of primary amides is 1. The maximum atomic E-state index is 13.6. The Morgan fingerprint density at radius 3 is 2.50 bits per heavy atom. The largest absolute Gasteiger partial charge is 0.368 e. The second-order valence-electron chi connectivity index (χ2n) is 8.04. The van der Waals surface area contributed by atoms with E-state index in [1.165, 1.54) is 10.3 Å². The average molecular weight is 473 g/mol. The second-order valence-corrected chi connectivity index (χ2v) is 8.28. The predicted octanol–water partition coefficient (Wildman–Crippen LogP) is 3.58. The molecule has 0 aliphatic carbocycles. The number of carbonyl (C=O) groups excluding carboxylic acids is 3. The summed E-state index contributed by atoms with van der Waals surface area (Å²) in [6.07, 6.45) is 0.322. The Labute approximate surface area is 203 Å². The molecule has 0 aromatic heterocycles. The third-order valence-electron chi connectivity index (χ3n) is 5.74. The van der Waals surface area contributed by atoms with E-state index in [0.29, 0.717) is 17.8 Å². The first-order chi connectivity index (χ1) is 16.5. The predicted molar refractivity (Wildman–Crippen MR) is 136 cm³/mol. The van der Waals surface area contributed by atoms with Gasteiger partial charge in [0.2, 0.25) is 11.8 Å². The zero-order valence-electron chi connectivity index (χ0n) is 18.3. The minimum Gasteiger partial charge on any atom is -0.368 e. The van der Waals surface area contributed by atoms with Crippen molar-refractivity contribution in [3.8, 4) is 0 Å². The number of carbonyl (C=O) groups is 3. The molecule has 2 unspecified atom stereocenters. The molecule has 1 aliphatic rings. The van der Waals surface area contributed by atoms with Crippen LogP contribution in [0.1, 0.15) is 29.0 Å². The van der Waals surface area contributed by atoms with E-state index in [-0.39, 0.29) is 12.5 Å². The first-order valence-electron chi connectivity index (χ1n) is 10.8. The Kier molecular flexibility index (Phi) is 6.98. The molecule has 2 atom stereocenters. The molecule has 4 amide bonds. The zero-order valence-corrected chi connectivity index (χ0v) is 19.1. The fourth-order valence-electron chi connectivity index (χ4n) is 4.25. The van der Waals surface area contributed by atoms with Gasteiger partial charge in [-0.3, -0.25) is 9.59 Å². The molecule has 7 nitrogen and oxygen atoms in total. The fourth-order valence-corrected chi connectivity index (χ4v) is 4.40. The number of hydrogen-bond acceptors (Lipinski definition) is 4. The average Bonchev–Trinajstić information content (AvgIpc) is 2.95. The molecule has 3 aromatic rings. The Balaban J connectivity index is 1.68. The lowest BCUT2D eigenvalue weighted by atomic mass is 9.86. The van der Waals surface area contributed by atoms with E-state index in [9.17, 15) is 14.4 Å². The van der Waals surface area contributed by atoms with Gasteiger partial charge in [-0.2, -0.15) is 0 Å². The number of nitrogens with one attached hydrogen (secondary N) is 2. The first kappa shape index (κ1) is 23.1. The summed E-state index contributed by atoms with van der Waals surface area (Å²) in [5.74, 6) is -1.21. The van der Waals surface area contributed by atoms with Crippen molar-refractivity contribution in [3.05, 3.63) is 95.6 Å². The van der Waals surface area contributed by atoms with Crippen LogP contribution in [0.5, 0.6) is 0 Å². The second kappa shape index (κ2) is 10.3. The number of nitrogens with zero attached hydrogens (tertiary/aromatic N) is 1. The van der Waals surface area contributed by atoms with E-state index in [4.69, 9.17) is 18.0 Å². The lowest BCUT2D eigenvalue weighted by Crippen LogP contribution is -2.51. The van der Waals surface area contributed by atoms with Gasteiger partial charge >= 0.3 is 6.03 Å². The summed E-state index contributed by atoms with van der Waals surface area (Å²) in [6.45, 7) is -0.284. The van der Waals surface area contributed by atoms with Crippen LogP contribution in [0.4, 0.5) is 16.2 Å². The van der Waals surface area contributed by atoms with Crippen molar-refractivity contribution in [2.24, 2.45) is 5.73 Å². The highest BCUT2D eigenvalue weighted by atomic mass is 32.1. The van der Waals surface area contributed by atoms with Crippen molar-refractivity contribution in [2.45, 2.75) is 18.4 Å². The first-order valence-corrected chi connectivity index (χ1v) is 11.3. The highest BCUT2D eigenvalue weighted by Gasteiger charge is 2.37. The Morgan fingerprint density at radius 1 is 1.03 bits per heavy atom. The highest BCUT2D eigenvalue weighted by Crippen LogP contribution is 2.39. The molecule has 0 spiro atoms. The van der Waals surface area contributed by atoms with E-state index in [2.05, 4.69) is 10.6 Å². The molecule has 8 heteroatoms. The molecule has 172 valence electrons. The normalized spacial score (nSPS) is 17.3. The number of rotatable bonds is 6. The van der Waals surface area contributed by atoms with E-state index < -0.39 is 23.9 Å². The Morgan fingerprint density at radius 2 is 1.76 bits per heavy atom. The van der Waals surface area contributed by atoms with Crippen LogP contribution >= 0.6 is 12.2 Å². The van der Waals surface area contributed by atoms with Crippen LogP contribution in [-0.2, 0) is 9.59 Å². The molecule has 0 saturated carbocycles. The van der Waals surface area contributed by atoms with E-state index in [1.54, 1.807) is 24.3 Å². The summed E-state index contributed by atoms with van der Waals surface area (Å²) in [5.41, 5.74) is 9.31. The van der Waals surface area contributed by atoms with Crippen molar-refractivity contribution >= 4 is 46.8 Å². The summed E-state index contributed by atoms with van der Waals surface area (Å²) in [5, 5.41) is 7.08. The third-order valence-corrected chi connectivity index (χ3v) is 6.01. The van der Waals surface area contributed by atoms with Crippen molar-refractivity contribution in [1.29, 1.82) is 0 Å². The standard InChI is InChI=1S/C26H24N4O3S/c27-24(31)15-30-23-12-5-4-11-20(23)21(18-8-2-1-3-9-18)14-22(25(30)32)29-26(33)28-19-10-6-7-17(13-19)16-34/h1-13,16,21-22H,14-15H2,(H2,27,31)(H2,28,29,33). The van der Waals surface area contributed by atoms with Gasteiger partial charge in [0, 0.05) is 22.7 Å². The van der Waals surface area contributed by atoms with Gasteiger partial charge in [-0.1, -0.05) is 72.9 Å². The summed E-state index contributed by atoms with van der Waals surface area (Å²) >= 11 is 4.95. The van der Waals surface area contributed by atoms with E-state index in [0.717, 1.165) is 16.7 Å². The number of para-hydroxylation sites is 1. The summed E-state index contributed by atoms with van der Waals surface area (Å²) in [6, 6.07) is 22.9. The van der Waals surface area contributed by atoms with Gasteiger partial charge in [0.25, 0.3) is 0 Å². The van der Waals surface area contributed by atoms with Gasteiger partial charge in [-0.15, -0.1) is 0 Å². The van der Waals surface area contributed by atoms with Crippen molar-refractivity contribution in [3.63, 3.8) is 0 Å². The van der Waals surface area contributed by atoms with Crippen LogP contribution in [0, 0.1) is 0 Å². The number of anilines is 2.